The fourth-order valence-corrected chi connectivity index (χ4v) is 3.22. The van der Waals surface area contributed by atoms with E-state index in [2.05, 4.69) is 6.07 Å². The first-order chi connectivity index (χ1) is 11.4. The summed E-state index contributed by atoms with van der Waals surface area (Å²) in [6, 6.07) is 13.7. The van der Waals surface area contributed by atoms with Crippen molar-refractivity contribution in [3.05, 3.63) is 73.8 Å². The van der Waals surface area contributed by atoms with Gasteiger partial charge in [-0.25, -0.2) is 0 Å². The quantitative estimate of drug-likeness (QED) is 0.474. The number of benzene rings is 2. The summed E-state index contributed by atoms with van der Waals surface area (Å²) in [5.41, 5.74) is 0.293. The van der Waals surface area contributed by atoms with E-state index in [1.54, 1.807) is 30.3 Å². The number of halogens is 2. The molecule has 2 aromatic carbocycles. The van der Waals surface area contributed by atoms with Crippen LogP contribution in [0, 0.1) is 21.4 Å². The first-order valence-corrected chi connectivity index (χ1v) is 8.32. The fourth-order valence-electron chi connectivity index (χ4n) is 2.76. The minimum atomic E-state index is -0.965. The van der Waals surface area contributed by atoms with E-state index in [0.717, 1.165) is 18.4 Å². The maximum Gasteiger partial charge on any atom is 0.270 e. The molecule has 0 aliphatic heterocycles. The SMILES string of the molecule is CCCCC(C#N)(c1ccc(Cl)cc1)c1ccc([N+](=O)[O-])cc1Cl. The average molecular weight is 363 g/mol. The van der Waals surface area contributed by atoms with Crippen LogP contribution in [-0.4, -0.2) is 4.92 Å². The van der Waals surface area contributed by atoms with Gasteiger partial charge in [-0.3, -0.25) is 10.1 Å². The molecule has 2 rings (SSSR count). The second kappa shape index (κ2) is 7.65. The topological polar surface area (TPSA) is 66.9 Å². The summed E-state index contributed by atoms with van der Waals surface area (Å²) >= 11 is 12.3. The van der Waals surface area contributed by atoms with Crippen LogP contribution in [0.5, 0.6) is 0 Å². The van der Waals surface area contributed by atoms with Crippen LogP contribution < -0.4 is 0 Å². The standard InChI is InChI=1S/C18H16Cl2N2O2/c1-2-3-10-18(12-21,13-4-6-14(19)7-5-13)16-9-8-15(22(23)24)11-17(16)20/h4-9,11H,2-3,10H2,1H3. The predicted molar refractivity (Wildman–Crippen MR) is 95.5 cm³/mol. The molecule has 1 unspecified atom stereocenters. The number of unbranched alkanes of at least 4 members (excludes halogenated alkanes) is 1. The lowest BCUT2D eigenvalue weighted by molar-refractivity contribution is -0.384. The molecule has 24 heavy (non-hydrogen) atoms. The van der Waals surface area contributed by atoms with E-state index in [-0.39, 0.29) is 10.7 Å². The van der Waals surface area contributed by atoms with Crippen LogP contribution in [0.15, 0.2) is 42.5 Å². The molecule has 1 atom stereocenters. The molecule has 0 saturated carbocycles. The molecule has 0 aliphatic rings. The van der Waals surface area contributed by atoms with Gasteiger partial charge < -0.3 is 0 Å². The van der Waals surface area contributed by atoms with E-state index < -0.39 is 10.3 Å². The third-order valence-electron chi connectivity index (χ3n) is 4.06. The summed E-state index contributed by atoms with van der Waals surface area (Å²) < 4.78 is 0. The molecular formula is C18H16Cl2N2O2. The third-order valence-corrected chi connectivity index (χ3v) is 4.62. The largest absolute Gasteiger partial charge is 0.270 e. The molecule has 0 amide bonds. The Bertz CT molecular complexity index is 785. The first-order valence-electron chi connectivity index (χ1n) is 7.56. The summed E-state index contributed by atoms with van der Waals surface area (Å²) in [5, 5.41) is 21.7. The summed E-state index contributed by atoms with van der Waals surface area (Å²) in [7, 11) is 0. The van der Waals surface area contributed by atoms with E-state index in [9.17, 15) is 15.4 Å². The van der Waals surface area contributed by atoms with Crippen LogP contribution in [0.1, 0.15) is 37.3 Å². The van der Waals surface area contributed by atoms with Crippen molar-refractivity contribution in [1.82, 2.24) is 0 Å². The van der Waals surface area contributed by atoms with E-state index in [1.807, 2.05) is 6.92 Å². The van der Waals surface area contributed by atoms with Crippen molar-refractivity contribution >= 4 is 28.9 Å². The van der Waals surface area contributed by atoms with Gasteiger partial charge in [0.25, 0.3) is 5.69 Å². The smallest absolute Gasteiger partial charge is 0.258 e. The van der Waals surface area contributed by atoms with Crippen molar-refractivity contribution in [3.63, 3.8) is 0 Å². The third kappa shape index (κ3) is 3.53. The monoisotopic (exact) mass is 362 g/mol. The molecule has 0 saturated heterocycles. The Morgan fingerprint density at radius 2 is 1.88 bits per heavy atom. The summed E-state index contributed by atoms with van der Waals surface area (Å²) in [5.74, 6) is 0. The minimum absolute atomic E-state index is 0.0952. The van der Waals surface area contributed by atoms with Crippen molar-refractivity contribution in [2.45, 2.75) is 31.6 Å². The normalized spacial score (nSPS) is 13.1. The van der Waals surface area contributed by atoms with Crippen LogP contribution >= 0.6 is 23.2 Å². The first kappa shape index (κ1) is 18.3. The fraction of sp³-hybridized carbons (Fsp3) is 0.278. The number of nitriles is 1. The number of hydrogen-bond acceptors (Lipinski definition) is 3. The van der Waals surface area contributed by atoms with Gasteiger partial charge in [0.2, 0.25) is 0 Å². The van der Waals surface area contributed by atoms with E-state index in [1.165, 1.54) is 12.1 Å². The molecular weight excluding hydrogens is 347 g/mol. The van der Waals surface area contributed by atoms with Gasteiger partial charge in [-0.05, 0) is 35.7 Å². The molecule has 0 radical (unpaired) electrons. The molecule has 2 aromatic rings. The Morgan fingerprint density at radius 1 is 1.21 bits per heavy atom. The van der Waals surface area contributed by atoms with Crippen molar-refractivity contribution in [2.75, 3.05) is 0 Å². The molecule has 0 heterocycles. The molecule has 4 nitrogen and oxygen atoms in total. The van der Waals surface area contributed by atoms with Crippen molar-refractivity contribution in [1.29, 1.82) is 5.26 Å². The van der Waals surface area contributed by atoms with E-state index in [0.29, 0.717) is 17.0 Å². The predicted octanol–water partition coefficient (Wildman–Crippen LogP) is 5.90. The van der Waals surface area contributed by atoms with Gasteiger partial charge in [0.05, 0.1) is 16.0 Å². The van der Waals surface area contributed by atoms with Crippen LogP contribution in [0.4, 0.5) is 5.69 Å². The van der Waals surface area contributed by atoms with Crippen LogP contribution in [-0.2, 0) is 5.41 Å². The minimum Gasteiger partial charge on any atom is -0.258 e. The zero-order valence-corrected chi connectivity index (χ0v) is 14.6. The maximum absolute atomic E-state index is 10.9. The Kier molecular flexibility index (Phi) is 5.82. The summed E-state index contributed by atoms with van der Waals surface area (Å²) in [4.78, 5) is 10.4. The van der Waals surface area contributed by atoms with E-state index >= 15 is 0 Å². The van der Waals surface area contributed by atoms with Gasteiger partial charge in [0, 0.05) is 17.2 Å². The van der Waals surface area contributed by atoms with Crippen molar-refractivity contribution < 1.29 is 4.92 Å². The molecule has 0 spiro atoms. The summed E-state index contributed by atoms with van der Waals surface area (Å²) in [6.07, 6.45) is 2.31. The molecule has 0 N–H and O–H groups in total. The average Bonchev–Trinajstić information content (AvgIpc) is 2.57. The van der Waals surface area contributed by atoms with Crippen LogP contribution in [0.2, 0.25) is 10.0 Å². The maximum atomic E-state index is 10.9. The number of non-ortho nitro benzene ring substituents is 1. The van der Waals surface area contributed by atoms with Crippen LogP contribution in [0.25, 0.3) is 0 Å². The van der Waals surface area contributed by atoms with Crippen molar-refractivity contribution in [3.8, 4) is 6.07 Å². The highest BCUT2D eigenvalue weighted by Gasteiger charge is 2.36. The number of nitro groups is 1. The van der Waals surface area contributed by atoms with Gasteiger partial charge in [-0.2, -0.15) is 5.26 Å². The van der Waals surface area contributed by atoms with Gasteiger partial charge >= 0.3 is 0 Å². The highest BCUT2D eigenvalue weighted by atomic mass is 35.5. The number of nitro benzene ring substituents is 1. The van der Waals surface area contributed by atoms with Gasteiger partial charge in [0.15, 0.2) is 0 Å². The molecule has 6 heteroatoms. The summed E-state index contributed by atoms with van der Waals surface area (Å²) in [6.45, 7) is 2.04. The zero-order chi connectivity index (χ0) is 17.7. The Morgan fingerprint density at radius 3 is 2.38 bits per heavy atom. The van der Waals surface area contributed by atoms with Gasteiger partial charge in [-0.15, -0.1) is 0 Å². The molecule has 124 valence electrons. The van der Waals surface area contributed by atoms with Crippen LogP contribution in [0.3, 0.4) is 0 Å². The van der Waals surface area contributed by atoms with Gasteiger partial charge in [0.1, 0.15) is 5.41 Å². The zero-order valence-electron chi connectivity index (χ0n) is 13.1. The Balaban J connectivity index is 2.64. The lowest BCUT2D eigenvalue weighted by Gasteiger charge is -2.28. The number of hydrogen-bond donors (Lipinski definition) is 0. The lowest BCUT2D eigenvalue weighted by Crippen LogP contribution is -2.26. The Labute approximate surface area is 150 Å². The second-order valence-corrected chi connectivity index (χ2v) is 6.39. The van der Waals surface area contributed by atoms with E-state index in [4.69, 9.17) is 23.2 Å². The molecule has 0 aliphatic carbocycles. The van der Waals surface area contributed by atoms with Gasteiger partial charge in [-0.1, -0.05) is 55.1 Å². The molecule has 0 fully saturated rings. The Hall–Kier alpha value is -2.09. The molecule has 0 aromatic heterocycles. The van der Waals surface area contributed by atoms with Crippen molar-refractivity contribution in [2.24, 2.45) is 0 Å². The highest BCUT2D eigenvalue weighted by Crippen LogP contribution is 2.41. The lowest BCUT2D eigenvalue weighted by atomic mass is 9.72. The number of rotatable bonds is 6. The number of nitrogens with zero attached hydrogens (tertiary/aromatic N) is 2. The second-order valence-electron chi connectivity index (χ2n) is 5.55. The molecule has 0 bridgehead atoms. The highest BCUT2D eigenvalue weighted by molar-refractivity contribution is 6.32.